The zero-order valence-corrected chi connectivity index (χ0v) is 19.6. The molecule has 2 aromatic rings. The van der Waals surface area contributed by atoms with Crippen LogP contribution in [-0.4, -0.2) is 26.4 Å². The number of carbonyl (C=O) groups excluding carboxylic acids is 1. The molecule has 0 fully saturated rings. The van der Waals surface area contributed by atoms with Crippen molar-refractivity contribution < 1.29 is 30.0 Å². The molecule has 0 atom stereocenters. The van der Waals surface area contributed by atoms with E-state index in [1.807, 2.05) is 0 Å². The molecule has 0 aliphatic rings. The second-order valence-electron chi connectivity index (χ2n) is 10.1. The predicted molar refractivity (Wildman–Crippen MR) is 119 cm³/mol. The summed E-state index contributed by atoms with van der Waals surface area (Å²) in [5, 5.41) is 42.4. The van der Waals surface area contributed by atoms with Crippen molar-refractivity contribution in [2.24, 2.45) is 0 Å². The number of hydrogen-bond donors (Lipinski definition) is 4. The minimum atomic E-state index is -1.42. The SMILES string of the molecule is CC(C)(O)c1cccc(C(=O)Oc2c(C(C)(C)O)cc(C(C)(C)O)cc2C(C)(C)O)c1. The van der Waals surface area contributed by atoms with Gasteiger partial charge in [0, 0.05) is 11.1 Å². The van der Waals surface area contributed by atoms with Crippen molar-refractivity contribution in [3.05, 3.63) is 64.2 Å². The second kappa shape index (κ2) is 8.02. The second-order valence-corrected chi connectivity index (χ2v) is 10.1. The molecule has 0 aliphatic carbocycles. The maximum atomic E-state index is 13.0. The Morgan fingerprint density at radius 3 is 1.52 bits per heavy atom. The van der Waals surface area contributed by atoms with Crippen LogP contribution >= 0.6 is 0 Å². The Kier molecular flexibility index (Phi) is 6.47. The molecule has 0 spiro atoms. The van der Waals surface area contributed by atoms with Gasteiger partial charge in [-0.05, 0) is 90.8 Å². The summed E-state index contributed by atoms with van der Waals surface area (Å²) in [5.41, 5.74) is -3.49. The monoisotopic (exact) mass is 430 g/mol. The lowest BCUT2D eigenvalue weighted by Crippen LogP contribution is -2.27. The lowest BCUT2D eigenvalue weighted by Gasteiger charge is -2.31. The molecule has 0 saturated heterocycles. The molecule has 6 heteroatoms. The van der Waals surface area contributed by atoms with Crippen LogP contribution in [0, 0.1) is 0 Å². The third kappa shape index (κ3) is 5.92. The van der Waals surface area contributed by atoms with Gasteiger partial charge >= 0.3 is 5.97 Å². The average Bonchev–Trinajstić information content (AvgIpc) is 2.58. The summed E-state index contributed by atoms with van der Waals surface area (Å²) in [7, 11) is 0. The van der Waals surface area contributed by atoms with E-state index in [-0.39, 0.29) is 22.4 Å². The smallest absolute Gasteiger partial charge is 0.343 e. The van der Waals surface area contributed by atoms with Gasteiger partial charge in [-0.1, -0.05) is 12.1 Å². The number of rotatable bonds is 6. The third-order valence-electron chi connectivity index (χ3n) is 5.11. The average molecular weight is 431 g/mol. The molecule has 6 nitrogen and oxygen atoms in total. The summed E-state index contributed by atoms with van der Waals surface area (Å²) >= 11 is 0. The van der Waals surface area contributed by atoms with E-state index in [1.165, 1.54) is 27.7 Å². The molecular weight excluding hydrogens is 396 g/mol. The van der Waals surface area contributed by atoms with Crippen LogP contribution in [0.2, 0.25) is 0 Å². The minimum Gasteiger partial charge on any atom is -0.422 e. The fourth-order valence-corrected chi connectivity index (χ4v) is 3.18. The van der Waals surface area contributed by atoms with E-state index in [0.29, 0.717) is 11.1 Å². The van der Waals surface area contributed by atoms with E-state index in [9.17, 15) is 25.2 Å². The molecule has 31 heavy (non-hydrogen) atoms. The Balaban J connectivity index is 2.68. The van der Waals surface area contributed by atoms with E-state index in [2.05, 4.69) is 0 Å². The number of esters is 1. The molecule has 0 amide bonds. The molecule has 0 saturated carbocycles. The van der Waals surface area contributed by atoms with Gasteiger partial charge in [0.1, 0.15) is 5.75 Å². The molecular formula is C25H34O6. The van der Waals surface area contributed by atoms with Crippen LogP contribution in [-0.2, 0) is 22.4 Å². The van der Waals surface area contributed by atoms with Crippen molar-refractivity contribution in [1.29, 1.82) is 0 Å². The van der Waals surface area contributed by atoms with Gasteiger partial charge in [-0.15, -0.1) is 0 Å². The minimum absolute atomic E-state index is 0.0339. The van der Waals surface area contributed by atoms with Crippen LogP contribution < -0.4 is 4.74 Å². The van der Waals surface area contributed by atoms with Crippen molar-refractivity contribution in [3.8, 4) is 5.75 Å². The first-order chi connectivity index (χ1) is 13.8. The molecule has 170 valence electrons. The number of hydrogen-bond acceptors (Lipinski definition) is 6. The van der Waals surface area contributed by atoms with Gasteiger partial charge in [0.05, 0.1) is 28.0 Å². The van der Waals surface area contributed by atoms with Gasteiger partial charge in [-0.3, -0.25) is 0 Å². The predicted octanol–water partition coefficient (Wildman–Crippen LogP) is 3.82. The van der Waals surface area contributed by atoms with E-state index in [4.69, 9.17) is 4.74 Å². The maximum Gasteiger partial charge on any atom is 0.343 e. The first-order valence-corrected chi connectivity index (χ1v) is 10.2. The summed E-state index contributed by atoms with van der Waals surface area (Å²) in [6.07, 6.45) is 0. The summed E-state index contributed by atoms with van der Waals surface area (Å²) in [6.45, 7) is 12.6. The molecule has 0 radical (unpaired) electrons. The van der Waals surface area contributed by atoms with Gasteiger partial charge in [-0.25, -0.2) is 4.79 Å². The first kappa shape index (κ1) is 25.0. The fraction of sp³-hybridized carbons (Fsp3) is 0.480. The molecule has 0 aliphatic heterocycles. The highest BCUT2D eigenvalue weighted by Crippen LogP contribution is 2.41. The largest absolute Gasteiger partial charge is 0.422 e. The Morgan fingerprint density at radius 1 is 0.677 bits per heavy atom. The molecule has 4 N–H and O–H groups in total. The van der Waals surface area contributed by atoms with Crippen molar-refractivity contribution in [2.45, 2.75) is 77.8 Å². The van der Waals surface area contributed by atoms with Crippen molar-refractivity contribution >= 4 is 5.97 Å². The van der Waals surface area contributed by atoms with Crippen molar-refractivity contribution in [2.75, 3.05) is 0 Å². The molecule has 0 unspecified atom stereocenters. The molecule has 0 aromatic heterocycles. The number of carbonyl (C=O) groups is 1. The number of ether oxygens (including phenoxy) is 1. The van der Waals surface area contributed by atoms with E-state index in [1.54, 1.807) is 64.1 Å². The zero-order chi connectivity index (χ0) is 24.0. The van der Waals surface area contributed by atoms with Crippen LogP contribution in [0.3, 0.4) is 0 Å². The number of aliphatic hydroxyl groups is 4. The van der Waals surface area contributed by atoms with E-state index in [0.717, 1.165) is 0 Å². The topological polar surface area (TPSA) is 107 Å². The van der Waals surface area contributed by atoms with Crippen molar-refractivity contribution in [3.63, 3.8) is 0 Å². The molecule has 0 heterocycles. The van der Waals surface area contributed by atoms with E-state index >= 15 is 0 Å². The maximum absolute atomic E-state index is 13.0. The highest BCUT2D eigenvalue weighted by molar-refractivity contribution is 5.91. The number of benzene rings is 2. The highest BCUT2D eigenvalue weighted by atomic mass is 16.5. The van der Waals surface area contributed by atoms with Crippen molar-refractivity contribution in [1.82, 2.24) is 0 Å². The van der Waals surface area contributed by atoms with Gasteiger partial charge in [0.25, 0.3) is 0 Å². The van der Waals surface area contributed by atoms with Gasteiger partial charge < -0.3 is 25.2 Å². The molecule has 0 bridgehead atoms. The van der Waals surface area contributed by atoms with E-state index < -0.39 is 28.4 Å². The van der Waals surface area contributed by atoms with Gasteiger partial charge in [0.2, 0.25) is 0 Å². The summed E-state index contributed by atoms with van der Waals surface area (Å²) in [4.78, 5) is 13.0. The third-order valence-corrected chi connectivity index (χ3v) is 5.11. The van der Waals surface area contributed by atoms with Gasteiger partial charge in [-0.2, -0.15) is 0 Å². The summed E-state index contributed by atoms with van der Waals surface area (Å²) in [6, 6.07) is 9.61. The van der Waals surface area contributed by atoms with Crippen LogP contribution in [0.5, 0.6) is 5.75 Å². The van der Waals surface area contributed by atoms with Crippen LogP contribution in [0.4, 0.5) is 0 Å². The fourth-order valence-electron chi connectivity index (χ4n) is 3.18. The summed E-state index contributed by atoms with van der Waals surface area (Å²) in [5.74, 6) is -0.662. The normalized spacial score (nSPS) is 13.3. The quantitative estimate of drug-likeness (QED) is 0.410. The first-order valence-electron chi connectivity index (χ1n) is 10.2. The Hall–Kier alpha value is -2.25. The Bertz CT molecular complexity index is 928. The lowest BCUT2D eigenvalue weighted by atomic mass is 9.84. The van der Waals surface area contributed by atoms with Crippen LogP contribution in [0.1, 0.15) is 88.0 Å². The van der Waals surface area contributed by atoms with Crippen LogP contribution in [0.25, 0.3) is 0 Å². The van der Waals surface area contributed by atoms with Crippen LogP contribution in [0.15, 0.2) is 36.4 Å². The van der Waals surface area contributed by atoms with Gasteiger partial charge in [0.15, 0.2) is 0 Å². The molecule has 2 rings (SSSR count). The standard InChI is InChI=1S/C25H34O6/c1-22(2,27)16-11-9-10-15(12-16)21(26)31-20-18(24(5,6)29)13-17(23(3,4)28)14-19(20)25(7,8)30/h9-14,27-30H,1-8H3. The lowest BCUT2D eigenvalue weighted by molar-refractivity contribution is 0.0551. The Labute approximate surface area is 184 Å². The highest BCUT2D eigenvalue weighted by Gasteiger charge is 2.34. The zero-order valence-electron chi connectivity index (χ0n) is 19.6. The Morgan fingerprint density at radius 2 is 1.13 bits per heavy atom. The molecule has 2 aromatic carbocycles. The summed E-state index contributed by atoms with van der Waals surface area (Å²) < 4.78 is 5.73.